The van der Waals surface area contributed by atoms with E-state index in [-0.39, 0.29) is 44.4 Å². The molecule has 2 aromatic carbocycles. The van der Waals surface area contributed by atoms with Crippen molar-refractivity contribution in [2.45, 2.75) is 160 Å². The van der Waals surface area contributed by atoms with Crippen molar-refractivity contribution in [3.63, 3.8) is 0 Å². The summed E-state index contributed by atoms with van der Waals surface area (Å²) in [6.07, 6.45) is 0.687. The molecule has 0 saturated carbocycles. The first kappa shape index (κ1) is 67.8. The molecule has 0 radical (unpaired) electrons. The third-order valence-electron chi connectivity index (χ3n) is 13.0. The predicted octanol–water partition coefficient (Wildman–Crippen LogP) is -0.199. The van der Waals surface area contributed by atoms with Gasteiger partial charge in [0.25, 0.3) is 0 Å². The lowest BCUT2D eigenvalue weighted by Crippen LogP contribution is -2.61. The molecule has 0 heterocycles. The van der Waals surface area contributed by atoms with E-state index in [0.29, 0.717) is 36.1 Å². The third-order valence-corrected chi connectivity index (χ3v) is 13.7. The van der Waals surface area contributed by atoms with E-state index >= 15 is 0 Å². The first-order chi connectivity index (χ1) is 37.3. The van der Waals surface area contributed by atoms with Crippen LogP contribution in [0.4, 0.5) is 0 Å². The van der Waals surface area contributed by atoms with E-state index < -0.39 is 151 Å². The summed E-state index contributed by atoms with van der Waals surface area (Å²) in [6, 6.07) is 1.08. The van der Waals surface area contributed by atoms with Crippen molar-refractivity contribution >= 4 is 76.9 Å². The van der Waals surface area contributed by atoms with Crippen LogP contribution in [0, 0.1) is 11.8 Å². The van der Waals surface area contributed by atoms with Crippen LogP contribution in [-0.4, -0.2) is 159 Å². The van der Waals surface area contributed by atoms with Crippen molar-refractivity contribution in [3.8, 4) is 5.75 Å². The maximum atomic E-state index is 14.4. The minimum atomic E-state index is -1.89. The minimum absolute atomic E-state index is 0.0183. The molecule has 25 nitrogen and oxygen atoms in total. The Morgan fingerprint density at radius 2 is 0.937 bits per heavy atom. The van der Waals surface area contributed by atoms with Gasteiger partial charge in [-0.15, -0.1) is 0 Å². The number of phenolic OH excluding ortho intramolecular Hbond substituents is 1. The van der Waals surface area contributed by atoms with Crippen molar-refractivity contribution in [2.75, 3.05) is 18.6 Å². The molecule has 16 N–H and O–H groups in total. The van der Waals surface area contributed by atoms with E-state index in [4.69, 9.17) is 11.5 Å². The van der Waals surface area contributed by atoms with Crippen molar-refractivity contribution < 1.29 is 73.2 Å². The third kappa shape index (κ3) is 24.5. The molecule has 0 spiro atoms. The SMILES string of the molecule is CC[C@H](C)[C@H](NC(=O)[C@H](CCCCN)NC(=O)[C@H](CCSC)NC(=O)[C@H](CCC(=O)O)NC(=O)[C@H](Cc1ccccc1)NC(=O)[C@H](CC(=O)O)NC(=O)[C@@H](NC(=O)[C@H](Cc1ccc(O)cc1)NC(=O)[C@H](C)N)[C@@H](C)CC)C(=O)O. The Morgan fingerprint density at radius 1 is 0.506 bits per heavy atom. The normalized spacial score (nSPS) is 15.2. The number of phenols is 1. The largest absolute Gasteiger partial charge is 0.508 e. The molecule has 0 aliphatic carbocycles. The first-order valence-electron chi connectivity index (χ1n) is 26.2. The van der Waals surface area contributed by atoms with E-state index in [0.717, 1.165) is 0 Å². The van der Waals surface area contributed by atoms with Gasteiger partial charge >= 0.3 is 17.9 Å². The van der Waals surface area contributed by atoms with Gasteiger partial charge in [0.2, 0.25) is 47.3 Å². The second kappa shape index (κ2) is 35.2. The summed E-state index contributed by atoms with van der Waals surface area (Å²) in [6.45, 7) is 8.37. The van der Waals surface area contributed by atoms with Crippen LogP contribution in [0.25, 0.3) is 0 Å². The number of carbonyl (C=O) groups excluding carboxylic acids is 8. The van der Waals surface area contributed by atoms with E-state index in [9.17, 15) is 73.2 Å². The van der Waals surface area contributed by atoms with Gasteiger partial charge in [0, 0.05) is 19.3 Å². The number of thioether (sulfide) groups is 1. The summed E-state index contributed by atoms with van der Waals surface area (Å²) in [4.78, 5) is 147. The fourth-order valence-corrected chi connectivity index (χ4v) is 8.34. The molecule has 0 aliphatic rings. The lowest BCUT2D eigenvalue weighted by atomic mass is 9.96. The average Bonchev–Trinajstić information content (AvgIpc) is 3.40. The van der Waals surface area contributed by atoms with Crippen LogP contribution in [0.5, 0.6) is 5.75 Å². The number of hydrogen-bond acceptors (Lipinski definition) is 15. The van der Waals surface area contributed by atoms with Gasteiger partial charge in [-0.2, -0.15) is 11.8 Å². The zero-order valence-electron chi connectivity index (χ0n) is 45.6. The van der Waals surface area contributed by atoms with Gasteiger partial charge in [-0.1, -0.05) is 83.0 Å². The molecule has 0 bridgehead atoms. The Bertz CT molecular complexity index is 2360. The number of carbonyl (C=O) groups is 11. The number of nitrogens with two attached hydrogens (primary N) is 2. The minimum Gasteiger partial charge on any atom is -0.508 e. The van der Waals surface area contributed by atoms with E-state index in [2.05, 4.69) is 42.5 Å². The molecule has 0 aromatic heterocycles. The lowest BCUT2D eigenvalue weighted by Gasteiger charge is -2.29. The molecule has 26 heteroatoms. The zero-order chi connectivity index (χ0) is 59.4. The van der Waals surface area contributed by atoms with E-state index in [1.165, 1.54) is 43.0 Å². The van der Waals surface area contributed by atoms with Crippen molar-refractivity contribution in [2.24, 2.45) is 23.3 Å². The smallest absolute Gasteiger partial charge is 0.326 e. The van der Waals surface area contributed by atoms with Crippen LogP contribution in [-0.2, 0) is 65.6 Å². The van der Waals surface area contributed by atoms with E-state index in [1.807, 2.05) is 0 Å². The summed E-state index contributed by atoms with van der Waals surface area (Å²) in [5.74, 6) is -12.5. The number of aromatic hydroxyl groups is 1. The van der Waals surface area contributed by atoms with Gasteiger partial charge in [0.05, 0.1) is 12.5 Å². The van der Waals surface area contributed by atoms with Gasteiger partial charge in [-0.05, 0) is 92.7 Å². The second-order valence-electron chi connectivity index (χ2n) is 19.4. The summed E-state index contributed by atoms with van der Waals surface area (Å²) in [7, 11) is 0. The van der Waals surface area contributed by atoms with Crippen molar-refractivity contribution in [3.05, 3.63) is 65.7 Å². The quantitative estimate of drug-likeness (QED) is 0.0390. The number of benzene rings is 2. The standard InChI is InChI=1S/C53H80N10O15S/c1-7-29(3)43(62-51(75)39(59-45(69)31(5)55)27-33-17-19-34(64)20-18-33)52(76)61-40(28-42(67)68)50(74)60-38(26-32-14-10-9-11-15-32)49(73)57-36(21-22-41(65)66)46(70)58-37(23-25-79-6)47(71)56-35(16-12-13-24-54)48(72)63-44(53(77)78)30(4)8-2/h9-11,14-15,17-20,29-31,35-40,43-44,64H,7-8,12-13,16,21-28,54-55H2,1-6H3,(H,56,71)(H,57,73)(H,58,70)(H,59,69)(H,60,74)(H,61,76)(H,62,75)(H,63,72)(H,65,66)(H,67,68)(H,77,78)/t29-,30-,31-,35-,36-,37-,38-,39-,40-,43-,44-/m0/s1. The Morgan fingerprint density at radius 3 is 1.43 bits per heavy atom. The topological polar surface area (TPSA) is 417 Å². The van der Waals surface area contributed by atoms with Crippen LogP contribution < -0.4 is 54.0 Å². The fourth-order valence-electron chi connectivity index (χ4n) is 7.87. The Labute approximate surface area is 464 Å². The molecular formula is C53H80N10O15S. The molecule has 438 valence electrons. The Balaban J connectivity index is 2.52. The molecule has 11 atom stereocenters. The molecule has 2 rings (SSSR count). The zero-order valence-corrected chi connectivity index (χ0v) is 46.4. The number of nitrogens with one attached hydrogen (secondary N) is 8. The number of carboxylic acids is 3. The average molecular weight is 1130 g/mol. The van der Waals surface area contributed by atoms with Gasteiger partial charge in [0.15, 0.2) is 0 Å². The molecule has 0 aliphatic heterocycles. The summed E-state index contributed by atoms with van der Waals surface area (Å²) in [5.41, 5.74) is 12.4. The van der Waals surface area contributed by atoms with Crippen molar-refractivity contribution in [1.82, 2.24) is 42.5 Å². The predicted molar refractivity (Wildman–Crippen MR) is 293 cm³/mol. The molecule has 0 unspecified atom stereocenters. The molecule has 0 saturated heterocycles. The highest BCUT2D eigenvalue weighted by atomic mass is 32.2. The first-order valence-corrected chi connectivity index (χ1v) is 27.6. The number of aliphatic carboxylic acids is 3. The van der Waals surface area contributed by atoms with Gasteiger partial charge in [-0.3, -0.25) is 47.9 Å². The monoisotopic (exact) mass is 1130 g/mol. The molecule has 79 heavy (non-hydrogen) atoms. The second-order valence-corrected chi connectivity index (χ2v) is 20.4. The van der Waals surface area contributed by atoms with Gasteiger partial charge in [-0.25, -0.2) is 4.79 Å². The number of hydrogen-bond donors (Lipinski definition) is 14. The lowest BCUT2D eigenvalue weighted by molar-refractivity contribution is -0.144. The van der Waals surface area contributed by atoms with Gasteiger partial charge in [0.1, 0.15) is 54.1 Å². The molecular weight excluding hydrogens is 1050 g/mol. The highest BCUT2D eigenvalue weighted by molar-refractivity contribution is 7.98. The number of carboxylic acid groups (broad SMARTS) is 3. The molecule has 2 aromatic rings. The summed E-state index contributed by atoms with van der Waals surface area (Å²) in [5, 5.41) is 59.4. The maximum absolute atomic E-state index is 14.4. The Hall–Kier alpha value is -7.32. The van der Waals surface area contributed by atoms with Crippen LogP contribution in [0.2, 0.25) is 0 Å². The van der Waals surface area contributed by atoms with E-state index in [1.54, 1.807) is 64.3 Å². The van der Waals surface area contributed by atoms with Crippen LogP contribution in [0.3, 0.4) is 0 Å². The number of amides is 8. The highest BCUT2D eigenvalue weighted by Gasteiger charge is 2.37. The number of unbranched alkanes of at least 4 members (excludes halogenated alkanes) is 1. The fraction of sp³-hybridized carbons (Fsp3) is 0.566. The van der Waals surface area contributed by atoms with Crippen LogP contribution in [0.1, 0.15) is 104 Å². The van der Waals surface area contributed by atoms with Crippen LogP contribution in [0.15, 0.2) is 54.6 Å². The summed E-state index contributed by atoms with van der Waals surface area (Å²) >= 11 is 1.31. The maximum Gasteiger partial charge on any atom is 0.326 e. The molecule has 0 fully saturated rings. The van der Waals surface area contributed by atoms with Crippen LogP contribution >= 0.6 is 11.8 Å². The Kier molecular flexibility index (Phi) is 30.2. The number of rotatable bonds is 37. The van der Waals surface area contributed by atoms with Crippen molar-refractivity contribution in [1.29, 1.82) is 0 Å². The highest BCUT2D eigenvalue weighted by Crippen LogP contribution is 2.16. The molecule has 8 amide bonds. The van der Waals surface area contributed by atoms with Gasteiger partial charge < -0.3 is 74.4 Å². The summed E-state index contributed by atoms with van der Waals surface area (Å²) < 4.78 is 0.